The Hall–Kier alpha value is -2.43. The van der Waals surface area contributed by atoms with Crippen LogP contribution >= 0.6 is 34.4 Å². The molecule has 186 valence electrons. The first-order valence-corrected chi connectivity index (χ1v) is 14.4. The predicted molar refractivity (Wildman–Crippen MR) is 145 cm³/mol. The van der Waals surface area contributed by atoms with Crippen LogP contribution in [0.25, 0.3) is 0 Å². The fourth-order valence-electron chi connectivity index (χ4n) is 3.94. The third-order valence-corrected chi connectivity index (χ3v) is 8.95. The van der Waals surface area contributed by atoms with Crippen LogP contribution in [0.1, 0.15) is 66.4 Å². The van der Waals surface area contributed by atoms with Gasteiger partial charge in [-0.15, -0.1) is 21.5 Å². The quantitative estimate of drug-likeness (QED) is 0.241. The normalized spacial score (nSPS) is 15.1. The van der Waals surface area contributed by atoms with Crippen molar-refractivity contribution in [1.82, 2.24) is 10.2 Å². The topological polar surface area (TPSA) is 93.2 Å². The highest BCUT2D eigenvalue weighted by atomic mass is 32.2. The maximum atomic E-state index is 12.7. The average molecular weight is 531 g/mol. The molecule has 1 aromatic carbocycles. The van der Waals surface area contributed by atoms with Crippen molar-refractivity contribution in [2.75, 3.05) is 23.0 Å². The van der Waals surface area contributed by atoms with Gasteiger partial charge in [-0.05, 0) is 61.3 Å². The van der Waals surface area contributed by atoms with Gasteiger partial charge in [-0.3, -0.25) is 4.79 Å². The zero-order valence-corrected chi connectivity index (χ0v) is 22.8. The molecule has 10 heteroatoms. The summed E-state index contributed by atoms with van der Waals surface area (Å²) in [5.74, 6) is 0.698. The van der Waals surface area contributed by atoms with Crippen molar-refractivity contribution in [2.24, 2.45) is 5.92 Å². The molecule has 4 rings (SSSR count). The molecular weight excluding hydrogens is 501 g/mol. The van der Waals surface area contributed by atoms with Crippen LogP contribution in [0.3, 0.4) is 0 Å². The van der Waals surface area contributed by atoms with Crippen molar-refractivity contribution in [3.8, 4) is 0 Å². The van der Waals surface area contributed by atoms with E-state index in [4.69, 9.17) is 4.74 Å². The van der Waals surface area contributed by atoms with E-state index >= 15 is 0 Å². The molecule has 3 aromatic rings. The molecule has 0 unspecified atom stereocenters. The SMILES string of the molecule is CCOC(=O)c1c(NC(=O)CSc2nnc(Nc3ccc(C(C)C)cc3)s2)sc2c1CC[C@@H](C)C2. The Morgan fingerprint density at radius 1 is 1.20 bits per heavy atom. The summed E-state index contributed by atoms with van der Waals surface area (Å²) in [6.07, 6.45) is 2.80. The lowest BCUT2D eigenvalue weighted by Gasteiger charge is -2.18. The number of aromatic nitrogens is 2. The molecule has 7 nitrogen and oxygen atoms in total. The summed E-state index contributed by atoms with van der Waals surface area (Å²) in [6.45, 7) is 8.64. The van der Waals surface area contributed by atoms with Gasteiger partial charge in [-0.25, -0.2) is 4.79 Å². The largest absolute Gasteiger partial charge is 0.462 e. The van der Waals surface area contributed by atoms with E-state index in [0.29, 0.717) is 38.5 Å². The van der Waals surface area contributed by atoms with E-state index in [0.717, 1.165) is 30.5 Å². The number of hydrogen-bond donors (Lipinski definition) is 2. The summed E-state index contributed by atoms with van der Waals surface area (Å²) in [7, 11) is 0. The smallest absolute Gasteiger partial charge is 0.341 e. The zero-order valence-electron chi connectivity index (χ0n) is 20.3. The molecule has 1 aliphatic carbocycles. The fraction of sp³-hybridized carbons (Fsp3) is 0.440. The number of ether oxygens (including phenoxy) is 1. The van der Waals surface area contributed by atoms with Gasteiger partial charge in [-0.1, -0.05) is 56.0 Å². The molecule has 0 bridgehead atoms. The van der Waals surface area contributed by atoms with Gasteiger partial charge in [0.25, 0.3) is 0 Å². The Labute approximate surface area is 218 Å². The maximum absolute atomic E-state index is 12.7. The first-order chi connectivity index (χ1) is 16.8. The minimum absolute atomic E-state index is 0.179. The highest BCUT2D eigenvalue weighted by Gasteiger charge is 2.29. The molecule has 2 N–H and O–H groups in total. The second-order valence-corrected chi connectivity index (χ2v) is 12.2. The number of fused-ring (bicyclic) bond motifs is 1. The Morgan fingerprint density at radius 2 is 1.97 bits per heavy atom. The molecular formula is C25H30N4O3S3. The highest BCUT2D eigenvalue weighted by molar-refractivity contribution is 8.01. The average Bonchev–Trinajstić information content (AvgIpc) is 3.41. The number of hydrogen-bond acceptors (Lipinski definition) is 9. The molecule has 2 aromatic heterocycles. The number of benzene rings is 1. The van der Waals surface area contributed by atoms with Crippen LogP contribution in [0.2, 0.25) is 0 Å². The number of rotatable bonds is 9. The van der Waals surface area contributed by atoms with Gasteiger partial charge >= 0.3 is 5.97 Å². The number of nitrogens with one attached hydrogen (secondary N) is 2. The van der Waals surface area contributed by atoms with E-state index in [1.54, 1.807) is 6.92 Å². The molecule has 1 amide bonds. The van der Waals surface area contributed by atoms with E-state index in [-0.39, 0.29) is 17.6 Å². The Balaban J connectivity index is 1.37. The number of anilines is 3. The summed E-state index contributed by atoms with van der Waals surface area (Å²) in [6, 6.07) is 8.25. The Bertz CT molecular complexity index is 1190. The summed E-state index contributed by atoms with van der Waals surface area (Å²) < 4.78 is 5.99. The minimum atomic E-state index is -0.358. The Morgan fingerprint density at radius 3 is 2.69 bits per heavy atom. The van der Waals surface area contributed by atoms with Gasteiger partial charge < -0.3 is 15.4 Å². The van der Waals surface area contributed by atoms with E-state index in [1.165, 1.54) is 44.9 Å². The molecule has 35 heavy (non-hydrogen) atoms. The number of carbonyl (C=O) groups excluding carboxylic acids is 2. The number of carbonyl (C=O) groups is 2. The summed E-state index contributed by atoms with van der Waals surface area (Å²) in [4.78, 5) is 26.6. The number of thiophene rings is 1. The third kappa shape index (κ3) is 6.42. The lowest BCUT2D eigenvalue weighted by atomic mass is 9.88. The molecule has 2 heterocycles. The lowest BCUT2D eigenvalue weighted by molar-refractivity contribution is -0.113. The van der Waals surface area contributed by atoms with Gasteiger partial charge in [0.15, 0.2) is 4.34 Å². The molecule has 1 atom stereocenters. The van der Waals surface area contributed by atoms with Crippen molar-refractivity contribution in [3.05, 3.63) is 45.8 Å². The van der Waals surface area contributed by atoms with Crippen molar-refractivity contribution >= 4 is 62.1 Å². The van der Waals surface area contributed by atoms with Gasteiger partial charge in [0.1, 0.15) is 5.00 Å². The number of amides is 1. The maximum Gasteiger partial charge on any atom is 0.341 e. The van der Waals surface area contributed by atoms with Crippen LogP contribution < -0.4 is 10.6 Å². The van der Waals surface area contributed by atoms with E-state index in [1.807, 2.05) is 12.1 Å². The summed E-state index contributed by atoms with van der Waals surface area (Å²) in [5.41, 5.74) is 3.79. The first kappa shape index (κ1) is 25.7. The second kappa shape index (κ2) is 11.5. The third-order valence-electron chi connectivity index (χ3n) is 5.81. The van der Waals surface area contributed by atoms with Crippen LogP contribution in [0, 0.1) is 5.92 Å². The molecule has 0 spiro atoms. The van der Waals surface area contributed by atoms with Crippen LogP contribution in [-0.2, 0) is 22.4 Å². The van der Waals surface area contributed by atoms with Crippen molar-refractivity contribution in [3.63, 3.8) is 0 Å². The van der Waals surface area contributed by atoms with Crippen LogP contribution in [0.4, 0.5) is 15.8 Å². The summed E-state index contributed by atoms with van der Waals surface area (Å²) >= 11 is 4.23. The van der Waals surface area contributed by atoms with E-state index in [9.17, 15) is 9.59 Å². The molecule has 0 saturated heterocycles. The minimum Gasteiger partial charge on any atom is -0.462 e. The van der Waals surface area contributed by atoms with Crippen LogP contribution in [0.15, 0.2) is 28.6 Å². The predicted octanol–water partition coefficient (Wildman–Crippen LogP) is 6.50. The number of nitrogens with zero attached hydrogens (tertiary/aromatic N) is 2. The summed E-state index contributed by atoms with van der Waals surface area (Å²) in [5, 5.41) is 15.9. The molecule has 0 aliphatic heterocycles. The van der Waals surface area contributed by atoms with Gasteiger partial charge in [0.05, 0.1) is 17.9 Å². The molecule has 0 saturated carbocycles. The number of thioether (sulfide) groups is 1. The van der Waals surface area contributed by atoms with Crippen molar-refractivity contribution < 1.29 is 14.3 Å². The van der Waals surface area contributed by atoms with E-state index in [2.05, 4.69) is 53.7 Å². The highest BCUT2D eigenvalue weighted by Crippen LogP contribution is 2.40. The zero-order chi connectivity index (χ0) is 24.9. The standard InChI is InChI=1S/C25H30N4O3S3/c1-5-32-23(31)21-18-11-6-15(4)12-19(18)34-22(21)27-20(30)13-33-25-29-28-24(35-25)26-17-9-7-16(8-10-17)14(2)3/h7-10,14-15H,5-6,11-13H2,1-4H3,(H,26,28)(H,27,30)/t15-/m1/s1. The number of esters is 1. The Kier molecular flexibility index (Phi) is 8.46. The van der Waals surface area contributed by atoms with Gasteiger partial charge in [0, 0.05) is 10.6 Å². The van der Waals surface area contributed by atoms with Gasteiger partial charge in [0.2, 0.25) is 11.0 Å². The first-order valence-electron chi connectivity index (χ1n) is 11.8. The van der Waals surface area contributed by atoms with Crippen LogP contribution in [-0.4, -0.2) is 34.4 Å². The van der Waals surface area contributed by atoms with Crippen LogP contribution in [0.5, 0.6) is 0 Å². The van der Waals surface area contributed by atoms with Crippen molar-refractivity contribution in [2.45, 2.75) is 57.2 Å². The monoisotopic (exact) mass is 530 g/mol. The molecule has 0 fully saturated rings. The fourth-order valence-corrected chi connectivity index (χ4v) is 6.93. The van der Waals surface area contributed by atoms with Gasteiger partial charge in [-0.2, -0.15) is 0 Å². The van der Waals surface area contributed by atoms with Crippen molar-refractivity contribution in [1.29, 1.82) is 0 Å². The van der Waals surface area contributed by atoms with E-state index < -0.39 is 0 Å². The molecule has 1 aliphatic rings. The second-order valence-electron chi connectivity index (χ2n) is 8.89. The lowest BCUT2D eigenvalue weighted by Crippen LogP contribution is -2.17. The molecule has 0 radical (unpaired) electrons.